The maximum atomic E-state index is 11.3. The topological polar surface area (TPSA) is 17.1 Å². The fourth-order valence-corrected chi connectivity index (χ4v) is 1.58. The highest BCUT2D eigenvalue weighted by Gasteiger charge is 2.03. The van der Waals surface area contributed by atoms with Crippen molar-refractivity contribution in [1.82, 2.24) is 0 Å². The van der Waals surface area contributed by atoms with Crippen LogP contribution in [-0.2, 0) is 0 Å². The van der Waals surface area contributed by atoms with Gasteiger partial charge in [0.05, 0.1) is 0 Å². The Morgan fingerprint density at radius 2 is 2.50 bits per heavy atom. The van der Waals surface area contributed by atoms with Gasteiger partial charge in [0.1, 0.15) is 0 Å². The second-order valence-electron chi connectivity index (χ2n) is 2.49. The standard InChI is InChI=1S/C10H10OS/c1-2-3-4-5-10(11)9-6-7-12-8-9/h1,6-8H,3-5H2. The molecule has 0 N–H and O–H groups in total. The van der Waals surface area contributed by atoms with Crippen LogP contribution in [0.2, 0.25) is 0 Å². The van der Waals surface area contributed by atoms with E-state index in [1.54, 1.807) is 11.3 Å². The Kier molecular flexibility index (Phi) is 3.56. The van der Waals surface area contributed by atoms with Crippen molar-refractivity contribution in [2.45, 2.75) is 19.3 Å². The molecule has 2 heteroatoms. The van der Waals surface area contributed by atoms with E-state index in [2.05, 4.69) is 5.92 Å². The fraction of sp³-hybridized carbons (Fsp3) is 0.300. The van der Waals surface area contributed by atoms with Crippen LogP contribution in [-0.4, -0.2) is 5.78 Å². The van der Waals surface area contributed by atoms with Crippen LogP contribution in [0.25, 0.3) is 0 Å². The average Bonchev–Trinajstić information content (AvgIpc) is 2.56. The Balaban J connectivity index is 2.36. The highest BCUT2D eigenvalue weighted by atomic mass is 32.1. The van der Waals surface area contributed by atoms with Gasteiger partial charge < -0.3 is 0 Å². The van der Waals surface area contributed by atoms with Crippen LogP contribution < -0.4 is 0 Å². The number of carbonyl (C=O) groups is 1. The molecule has 62 valence electrons. The molecule has 0 unspecified atom stereocenters. The van der Waals surface area contributed by atoms with Crippen molar-refractivity contribution in [3.8, 4) is 12.3 Å². The van der Waals surface area contributed by atoms with Crippen LogP contribution in [0.1, 0.15) is 29.6 Å². The predicted octanol–water partition coefficient (Wildman–Crippen LogP) is 2.73. The van der Waals surface area contributed by atoms with Crippen LogP contribution in [0.15, 0.2) is 16.8 Å². The summed E-state index contributed by atoms with van der Waals surface area (Å²) >= 11 is 1.55. The first-order chi connectivity index (χ1) is 5.84. The molecular formula is C10H10OS. The summed E-state index contributed by atoms with van der Waals surface area (Å²) in [6.45, 7) is 0. The lowest BCUT2D eigenvalue weighted by atomic mass is 10.1. The lowest BCUT2D eigenvalue weighted by Gasteiger charge is -1.93. The van der Waals surface area contributed by atoms with Gasteiger partial charge >= 0.3 is 0 Å². The third-order valence-electron chi connectivity index (χ3n) is 1.57. The molecule has 0 spiro atoms. The quantitative estimate of drug-likeness (QED) is 0.393. The van der Waals surface area contributed by atoms with Gasteiger partial charge in [-0.3, -0.25) is 4.79 Å². The number of thiophene rings is 1. The Bertz CT molecular complexity index is 279. The molecule has 0 aromatic carbocycles. The van der Waals surface area contributed by atoms with Crippen molar-refractivity contribution >= 4 is 17.1 Å². The number of Topliss-reactive ketones (excluding diaryl/α,β-unsaturated/α-hetero) is 1. The zero-order chi connectivity index (χ0) is 8.81. The van der Waals surface area contributed by atoms with Gasteiger partial charge in [-0.25, -0.2) is 0 Å². The molecule has 1 aromatic heterocycles. The minimum Gasteiger partial charge on any atom is -0.294 e. The maximum Gasteiger partial charge on any atom is 0.163 e. The van der Waals surface area contributed by atoms with Gasteiger partial charge in [0, 0.05) is 23.8 Å². The molecule has 1 heterocycles. The summed E-state index contributed by atoms with van der Waals surface area (Å²) in [4.78, 5) is 11.3. The molecule has 0 fully saturated rings. The van der Waals surface area contributed by atoms with Crippen LogP contribution in [0, 0.1) is 12.3 Å². The number of hydrogen-bond donors (Lipinski definition) is 0. The molecule has 0 atom stereocenters. The summed E-state index contributed by atoms with van der Waals surface area (Å²) in [5.41, 5.74) is 0.817. The van der Waals surface area contributed by atoms with Crippen LogP contribution >= 0.6 is 11.3 Å². The van der Waals surface area contributed by atoms with Crippen LogP contribution in [0.3, 0.4) is 0 Å². The predicted molar refractivity (Wildman–Crippen MR) is 51.3 cm³/mol. The zero-order valence-corrected chi connectivity index (χ0v) is 7.56. The second-order valence-corrected chi connectivity index (χ2v) is 3.27. The van der Waals surface area contributed by atoms with E-state index in [0.717, 1.165) is 12.0 Å². The lowest BCUT2D eigenvalue weighted by Crippen LogP contribution is -1.95. The van der Waals surface area contributed by atoms with E-state index in [1.165, 1.54) is 0 Å². The van der Waals surface area contributed by atoms with Gasteiger partial charge in [-0.15, -0.1) is 12.3 Å². The summed E-state index contributed by atoms with van der Waals surface area (Å²) in [5, 5.41) is 3.78. The summed E-state index contributed by atoms with van der Waals surface area (Å²) in [6, 6.07) is 1.85. The minimum absolute atomic E-state index is 0.200. The van der Waals surface area contributed by atoms with Gasteiger partial charge in [0.25, 0.3) is 0 Å². The highest BCUT2D eigenvalue weighted by molar-refractivity contribution is 7.08. The first-order valence-corrected chi connectivity index (χ1v) is 4.77. The normalized spacial score (nSPS) is 9.25. The number of hydrogen-bond acceptors (Lipinski definition) is 2. The Morgan fingerprint density at radius 1 is 1.67 bits per heavy atom. The van der Waals surface area contributed by atoms with Gasteiger partial charge in [0.15, 0.2) is 5.78 Å². The maximum absolute atomic E-state index is 11.3. The third kappa shape index (κ3) is 2.52. The fourth-order valence-electron chi connectivity index (χ4n) is 0.918. The van der Waals surface area contributed by atoms with Gasteiger partial charge in [-0.1, -0.05) is 0 Å². The zero-order valence-electron chi connectivity index (χ0n) is 6.75. The molecule has 0 aliphatic rings. The SMILES string of the molecule is C#CCCCC(=O)c1ccsc1. The lowest BCUT2D eigenvalue weighted by molar-refractivity contribution is 0.0981. The van der Waals surface area contributed by atoms with E-state index in [1.807, 2.05) is 16.8 Å². The Hall–Kier alpha value is -1.07. The Morgan fingerprint density at radius 3 is 3.08 bits per heavy atom. The molecule has 0 bridgehead atoms. The van der Waals surface area contributed by atoms with Crippen molar-refractivity contribution in [2.75, 3.05) is 0 Å². The smallest absolute Gasteiger partial charge is 0.163 e. The van der Waals surface area contributed by atoms with Gasteiger partial charge in [-0.05, 0) is 17.9 Å². The highest BCUT2D eigenvalue weighted by Crippen LogP contribution is 2.10. The van der Waals surface area contributed by atoms with Gasteiger partial charge in [-0.2, -0.15) is 11.3 Å². The number of terminal acetylenes is 1. The number of unbranched alkanes of at least 4 members (excludes halogenated alkanes) is 1. The molecule has 1 aromatic rings. The largest absolute Gasteiger partial charge is 0.294 e. The van der Waals surface area contributed by atoms with Gasteiger partial charge in [0.2, 0.25) is 0 Å². The minimum atomic E-state index is 0.200. The van der Waals surface area contributed by atoms with E-state index in [9.17, 15) is 4.79 Å². The number of ketones is 1. The molecule has 0 aliphatic carbocycles. The van der Waals surface area contributed by atoms with Crippen molar-refractivity contribution in [3.05, 3.63) is 22.4 Å². The Labute approximate surface area is 76.4 Å². The molecule has 1 nitrogen and oxygen atoms in total. The van der Waals surface area contributed by atoms with Crippen LogP contribution in [0.5, 0.6) is 0 Å². The molecule has 0 radical (unpaired) electrons. The summed E-state index contributed by atoms with van der Waals surface area (Å²) in [6.07, 6.45) is 7.13. The van der Waals surface area contributed by atoms with Crippen molar-refractivity contribution in [1.29, 1.82) is 0 Å². The van der Waals surface area contributed by atoms with E-state index in [0.29, 0.717) is 12.8 Å². The summed E-state index contributed by atoms with van der Waals surface area (Å²) < 4.78 is 0. The van der Waals surface area contributed by atoms with E-state index in [-0.39, 0.29) is 5.78 Å². The first-order valence-electron chi connectivity index (χ1n) is 3.83. The van der Waals surface area contributed by atoms with Crippen molar-refractivity contribution in [2.24, 2.45) is 0 Å². The summed E-state index contributed by atoms with van der Waals surface area (Å²) in [5.74, 6) is 2.72. The molecule has 1 rings (SSSR count). The average molecular weight is 178 g/mol. The van der Waals surface area contributed by atoms with E-state index < -0.39 is 0 Å². The third-order valence-corrected chi connectivity index (χ3v) is 2.25. The van der Waals surface area contributed by atoms with Crippen molar-refractivity contribution < 1.29 is 4.79 Å². The number of carbonyl (C=O) groups excluding carboxylic acids is 1. The first kappa shape index (κ1) is 9.02. The molecule has 0 saturated carbocycles. The molecule has 12 heavy (non-hydrogen) atoms. The van der Waals surface area contributed by atoms with Crippen LogP contribution in [0.4, 0.5) is 0 Å². The molecule has 0 amide bonds. The van der Waals surface area contributed by atoms with Crippen molar-refractivity contribution in [3.63, 3.8) is 0 Å². The second kappa shape index (κ2) is 4.74. The molecule has 0 saturated heterocycles. The molecular weight excluding hydrogens is 168 g/mol. The number of rotatable bonds is 4. The monoisotopic (exact) mass is 178 g/mol. The van der Waals surface area contributed by atoms with E-state index in [4.69, 9.17) is 6.42 Å². The van der Waals surface area contributed by atoms with E-state index >= 15 is 0 Å². The molecule has 0 aliphatic heterocycles. The summed E-state index contributed by atoms with van der Waals surface area (Å²) in [7, 11) is 0.